The Bertz CT molecular complexity index is 148. The van der Waals surface area contributed by atoms with E-state index in [1.807, 2.05) is 0 Å². The molecule has 0 spiro atoms. The van der Waals surface area contributed by atoms with E-state index in [0.29, 0.717) is 0 Å². The lowest BCUT2D eigenvalue weighted by Crippen LogP contribution is -1.66. The summed E-state index contributed by atoms with van der Waals surface area (Å²) in [7, 11) is -0.852. The van der Waals surface area contributed by atoms with Crippen molar-refractivity contribution in [1.82, 2.24) is 9.32 Å². The third-order valence-electron chi connectivity index (χ3n) is 0.647. The lowest BCUT2D eigenvalue weighted by atomic mass is 11.0. The van der Waals surface area contributed by atoms with Gasteiger partial charge in [0.25, 0.3) is 0 Å². The number of hydrogen-bond donors (Lipinski definition) is 0. The monoisotopic (exact) mass is 116 g/mol. The molecule has 4 heteroatoms. The number of imidazole rings is 1. The molecule has 0 amide bonds. The highest BCUT2D eigenvalue weighted by Crippen LogP contribution is 1.95. The van der Waals surface area contributed by atoms with Crippen molar-refractivity contribution in [1.29, 1.82) is 0 Å². The Morgan fingerprint density at radius 2 is 2.57 bits per heavy atom. The Labute approximate surface area is 42.2 Å². The zero-order valence-electron chi connectivity index (χ0n) is 3.61. The summed E-state index contributed by atoms with van der Waals surface area (Å²) in [5.74, 6) is 0. The highest BCUT2D eigenvalue weighted by atomic mass is 31.1. The minimum Gasteiger partial charge on any atom is -0.307 e. The van der Waals surface area contributed by atoms with Gasteiger partial charge in [-0.25, -0.2) is 4.98 Å². The summed E-state index contributed by atoms with van der Waals surface area (Å²) in [5, 5.41) is 0. The van der Waals surface area contributed by atoms with Crippen LogP contribution in [0.15, 0.2) is 18.7 Å². The lowest BCUT2D eigenvalue weighted by Gasteiger charge is -1.77. The molecule has 3 nitrogen and oxygen atoms in total. The fourth-order valence-corrected chi connectivity index (χ4v) is 0.610. The SMILES string of the molecule is O=[PH2]n1ccnc1. The summed E-state index contributed by atoms with van der Waals surface area (Å²) in [6, 6.07) is 0. The summed E-state index contributed by atoms with van der Waals surface area (Å²) in [4.78, 5) is 3.68. The second-order valence-electron chi connectivity index (χ2n) is 1.12. The Morgan fingerprint density at radius 1 is 1.71 bits per heavy atom. The molecule has 1 aromatic rings. The first-order valence-electron chi connectivity index (χ1n) is 1.86. The van der Waals surface area contributed by atoms with Crippen LogP contribution in [-0.4, -0.2) is 9.32 Å². The zero-order valence-corrected chi connectivity index (χ0v) is 4.77. The molecular formula is C3H5N2OP. The highest BCUT2D eigenvalue weighted by molar-refractivity contribution is 7.21. The second-order valence-corrected chi connectivity index (χ2v) is 1.92. The Kier molecular flexibility index (Phi) is 1.27. The van der Waals surface area contributed by atoms with Gasteiger partial charge in [-0.15, -0.1) is 0 Å². The van der Waals surface area contributed by atoms with Gasteiger partial charge in [-0.1, -0.05) is 0 Å². The van der Waals surface area contributed by atoms with Gasteiger partial charge in [0, 0.05) is 12.4 Å². The number of hydrogen-bond acceptors (Lipinski definition) is 2. The summed E-state index contributed by atoms with van der Waals surface area (Å²) >= 11 is 0. The predicted molar refractivity (Wildman–Crippen MR) is 28.0 cm³/mol. The van der Waals surface area contributed by atoms with Crippen LogP contribution in [0.2, 0.25) is 0 Å². The van der Waals surface area contributed by atoms with E-state index in [-0.39, 0.29) is 0 Å². The number of nitrogens with zero attached hydrogens (tertiary/aromatic N) is 2. The molecule has 1 aromatic heterocycles. The van der Waals surface area contributed by atoms with Gasteiger partial charge in [0.05, 0.1) is 6.33 Å². The topological polar surface area (TPSA) is 34.9 Å². The molecule has 1 rings (SSSR count). The van der Waals surface area contributed by atoms with Crippen LogP contribution in [0.1, 0.15) is 0 Å². The molecule has 0 aliphatic heterocycles. The Morgan fingerprint density at radius 3 is 2.86 bits per heavy atom. The molecule has 1 atom stereocenters. The van der Waals surface area contributed by atoms with Gasteiger partial charge >= 0.3 is 0 Å². The molecule has 7 heavy (non-hydrogen) atoms. The maximum atomic E-state index is 10.00. The molecule has 0 N–H and O–H groups in total. The minimum absolute atomic E-state index is 0.852. The molecular weight excluding hydrogens is 111 g/mol. The molecule has 0 saturated heterocycles. The van der Waals surface area contributed by atoms with Crippen molar-refractivity contribution in [3.8, 4) is 0 Å². The van der Waals surface area contributed by atoms with Crippen LogP contribution in [0.4, 0.5) is 0 Å². The second kappa shape index (κ2) is 1.94. The fraction of sp³-hybridized carbons (Fsp3) is 0. The van der Waals surface area contributed by atoms with E-state index >= 15 is 0 Å². The van der Waals surface area contributed by atoms with Crippen molar-refractivity contribution in [2.75, 3.05) is 0 Å². The van der Waals surface area contributed by atoms with Crippen LogP contribution in [0, 0.1) is 0 Å². The highest BCUT2D eigenvalue weighted by Gasteiger charge is 1.75. The van der Waals surface area contributed by atoms with Gasteiger partial charge in [-0.2, -0.15) is 0 Å². The maximum absolute atomic E-state index is 10.00. The van der Waals surface area contributed by atoms with Crippen LogP contribution >= 0.6 is 8.61 Å². The van der Waals surface area contributed by atoms with Crippen LogP contribution < -0.4 is 0 Å². The summed E-state index contributed by atoms with van der Waals surface area (Å²) in [6.45, 7) is 0. The molecule has 1 unspecified atom stereocenters. The first-order valence-corrected chi connectivity index (χ1v) is 2.85. The van der Waals surface area contributed by atoms with Crippen LogP contribution in [0.25, 0.3) is 0 Å². The fourth-order valence-electron chi connectivity index (χ4n) is 0.332. The van der Waals surface area contributed by atoms with E-state index in [4.69, 9.17) is 0 Å². The van der Waals surface area contributed by atoms with Crippen LogP contribution in [-0.2, 0) is 4.57 Å². The van der Waals surface area contributed by atoms with Crippen molar-refractivity contribution in [2.24, 2.45) is 0 Å². The molecule has 0 bridgehead atoms. The number of aromatic nitrogens is 2. The molecule has 0 aliphatic carbocycles. The van der Waals surface area contributed by atoms with E-state index < -0.39 is 8.61 Å². The van der Waals surface area contributed by atoms with Gasteiger partial charge in [-0.05, 0) is 0 Å². The predicted octanol–water partition coefficient (Wildman–Crippen LogP) is 0.402. The van der Waals surface area contributed by atoms with Crippen LogP contribution in [0.3, 0.4) is 0 Å². The zero-order chi connectivity index (χ0) is 5.11. The van der Waals surface area contributed by atoms with E-state index in [1.165, 1.54) is 6.33 Å². The molecule has 1 heterocycles. The van der Waals surface area contributed by atoms with Crippen LogP contribution in [0.5, 0.6) is 0 Å². The van der Waals surface area contributed by atoms with Gasteiger partial charge in [0.1, 0.15) is 0 Å². The number of rotatable bonds is 1. The third kappa shape index (κ3) is 0.904. The normalized spacial score (nSPS) is 10.9. The molecule has 0 fully saturated rings. The summed E-state index contributed by atoms with van der Waals surface area (Å²) < 4.78 is 11.5. The molecule has 0 aliphatic rings. The van der Waals surface area contributed by atoms with E-state index in [0.717, 1.165) is 0 Å². The quantitative estimate of drug-likeness (QED) is 0.498. The summed E-state index contributed by atoms with van der Waals surface area (Å²) in [6.07, 6.45) is 4.80. The van der Waals surface area contributed by atoms with Crippen molar-refractivity contribution in [3.63, 3.8) is 0 Å². The van der Waals surface area contributed by atoms with Crippen molar-refractivity contribution in [2.45, 2.75) is 0 Å². The third-order valence-corrected chi connectivity index (χ3v) is 1.20. The molecule has 0 radical (unpaired) electrons. The molecule has 38 valence electrons. The molecule has 0 aromatic carbocycles. The summed E-state index contributed by atoms with van der Waals surface area (Å²) in [5.41, 5.74) is 0. The lowest BCUT2D eigenvalue weighted by molar-refractivity contribution is 0.594. The smallest absolute Gasteiger partial charge is 0.154 e. The maximum Gasteiger partial charge on any atom is 0.154 e. The first-order chi connectivity index (χ1) is 3.43. The van der Waals surface area contributed by atoms with Gasteiger partial charge in [0.2, 0.25) is 0 Å². The first kappa shape index (κ1) is 4.60. The van der Waals surface area contributed by atoms with E-state index in [2.05, 4.69) is 4.98 Å². The Hall–Kier alpha value is -0.560. The standard InChI is InChI=1S/C3H5N2OP/c6-7-5-2-1-4-3-5/h1-3H,7H2. The average molecular weight is 116 g/mol. The van der Waals surface area contributed by atoms with Crippen molar-refractivity contribution >= 4 is 8.61 Å². The molecule has 0 saturated carbocycles. The van der Waals surface area contributed by atoms with Gasteiger partial charge < -0.3 is 4.57 Å². The van der Waals surface area contributed by atoms with E-state index in [1.54, 1.807) is 16.7 Å². The average Bonchev–Trinajstić information content (AvgIpc) is 2.14. The Balaban J connectivity index is 2.96. The van der Waals surface area contributed by atoms with Gasteiger partial charge in [0.15, 0.2) is 8.61 Å². The van der Waals surface area contributed by atoms with Gasteiger partial charge in [-0.3, -0.25) is 4.34 Å². The van der Waals surface area contributed by atoms with Crippen molar-refractivity contribution in [3.05, 3.63) is 18.7 Å². The minimum atomic E-state index is -0.852. The largest absolute Gasteiger partial charge is 0.307 e. The van der Waals surface area contributed by atoms with E-state index in [9.17, 15) is 4.57 Å². The van der Waals surface area contributed by atoms with Crippen molar-refractivity contribution < 1.29 is 4.57 Å².